The van der Waals surface area contributed by atoms with Gasteiger partial charge in [0.25, 0.3) is 5.91 Å². The van der Waals surface area contributed by atoms with Crippen LogP contribution in [0.1, 0.15) is 59.3 Å². The molecule has 0 N–H and O–H groups in total. The first-order valence-corrected chi connectivity index (χ1v) is 8.51. The molecule has 0 bridgehead atoms. The van der Waals surface area contributed by atoms with Crippen molar-refractivity contribution in [1.29, 1.82) is 0 Å². The highest BCUT2D eigenvalue weighted by Gasteiger charge is 2.28. The molecule has 2 aromatic rings. The molecule has 0 saturated carbocycles. The summed E-state index contributed by atoms with van der Waals surface area (Å²) in [4.78, 5) is 27.9. The van der Waals surface area contributed by atoms with E-state index < -0.39 is 0 Å². The maximum Gasteiger partial charge on any atom is 0.257 e. The zero-order valence-corrected chi connectivity index (χ0v) is 14.8. The number of carbonyl (C=O) groups is 1. The van der Waals surface area contributed by atoms with E-state index in [0.717, 1.165) is 43.1 Å². The summed E-state index contributed by atoms with van der Waals surface area (Å²) >= 11 is 0. The predicted molar refractivity (Wildman–Crippen MR) is 89.8 cm³/mol. The van der Waals surface area contributed by atoms with Gasteiger partial charge in [0, 0.05) is 19.3 Å². The van der Waals surface area contributed by atoms with E-state index >= 15 is 0 Å². The molecule has 0 radical (unpaired) electrons. The zero-order chi connectivity index (χ0) is 17.3. The van der Waals surface area contributed by atoms with Crippen molar-refractivity contribution >= 4 is 5.91 Å². The summed E-state index contributed by atoms with van der Waals surface area (Å²) in [6.45, 7) is 9.13. The highest BCUT2D eigenvalue weighted by molar-refractivity contribution is 5.95. The number of carbonyl (C=O) groups excluding carboxylic acids is 1. The van der Waals surface area contributed by atoms with Crippen molar-refractivity contribution in [3.63, 3.8) is 0 Å². The lowest BCUT2D eigenvalue weighted by Crippen LogP contribution is -2.41. The summed E-state index contributed by atoms with van der Waals surface area (Å²) in [6, 6.07) is 0.181. The van der Waals surface area contributed by atoms with Crippen molar-refractivity contribution in [3.05, 3.63) is 34.9 Å². The zero-order valence-electron chi connectivity index (χ0n) is 14.8. The lowest BCUT2D eigenvalue weighted by molar-refractivity contribution is 0.0669. The molecule has 0 spiro atoms. The van der Waals surface area contributed by atoms with Gasteiger partial charge in [0.15, 0.2) is 0 Å². The van der Waals surface area contributed by atoms with E-state index in [1.807, 2.05) is 37.3 Å². The summed E-state index contributed by atoms with van der Waals surface area (Å²) < 4.78 is 1.96. The van der Waals surface area contributed by atoms with Gasteiger partial charge in [0.1, 0.15) is 17.5 Å². The third-order valence-corrected chi connectivity index (χ3v) is 4.49. The molecule has 1 fully saturated rings. The van der Waals surface area contributed by atoms with Crippen molar-refractivity contribution in [2.24, 2.45) is 0 Å². The van der Waals surface area contributed by atoms with E-state index in [9.17, 15) is 4.79 Å². The number of hydrogen-bond acceptors (Lipinski definition) is 5. The van der Waals surface area contributed by atoms with Gasteiger partial charge in [0.05, 0.1) is 17.3 Å². The molecule has 7 heteroatoms. The number of aryl methyl sites for hydroxylation is 4. The van der Waals surface area contributed by atoms with E-state index in [4.69, 9.17) is 0 Å². The molecule has 0 aliphatic carbocycles. The minimum absolute atomic E-state index is 0.0195. The Labute approximate surface area is 142 Å². The summed E-state index contributed by atoms with van der Waals surface area (Å²) in [5.74, 6) is 2.40. The Kier molecular flexibility index (Phi) is 4.59. The first-order valence-electron chi connectivity index (χ1n) is 8.51. The molecular formula is C17H24N6O. The molecule has 1 atom stereocenters. The average Bonchev–Trinajstić information content (AvgIpc) is 2.92. The van der Waals surface area contributed by atoms with Gasteiger partial charge in [-0.15, -0.1) is 0 Å². The maximum absolute atomic E-state index is 13.0. The van der Waals surface area contributed by atoms with Crippen LogP contribution in [-0.4, -0.2) is 48.6 Å². The SMILES string of the molecule is CCc1nc(C)ncc1C(=O)N1CCC[C@@H](n2nc(C)nc2C)C1. The highest BCUT2D eigenvalue weighted by Crippen LogP contribution is 2.24. The van der Waals surface area contributed by atoms with Gasteiger partial charge in [0.2, 0.25) is 0 Å². The molecule has 0 unspecified atom stereocenters. The molecule has 128 valence electrons. The van der Waals surface area contributed by atoms with Crippen molar-refractivity contribution in [3.8, 4) is 0 Å². The molecule has 1 amide bonds. The average molecular weight is 328 g/mol. The number of hydrogen-bond donors (Lipinski definition) is 0. The van der Waals surface area contributed by atoms with Gasteiger partial charge in [-0.3, -0.25) is 4.79 Å². The molecule has 1 aliphatic heterocycles. The van der Waals surface area contributed by atoms with Crippen LogP contribution in [0.4, 0.5) is 0 Å². The Hall–Kier alpha value is -2.31. The third-order valence-electron chi connectivity index (χ3n) is 4.49. The monoisotopic (exact) mass is 328 g/mol. The molecule has 2 aromatic heterocycles. The molecule has 7 nitrogen and oxygen atoms in total. The fraction of sp³-hybridized carbons (Fsp3) is 0.588. The van der Waals surface area contributed by atoms with Crippen LogP contribution in [0.25, 0.3) is 0 Å². The Balaban J connectivity index is 1.82. The normalized spacial score (nSPS) is 18.0. The first-order chi connectivity index (χ1) is 11.5. The van der Waals surface area contributed by atoms with E-state index in [-0.39, 0.29) is 11.9 Å². The van der Waals surface area contributed by atoms with Crippen LogP contribution in [0, 0.1) is 20.8 Å². The fourth-order valence-corrected chi connectivity index (χ4v) is 3.36. The minimum atomic E-state index is 0.0195. The van der Waals surface area contributed by atoms with E-state index in [2.05, 4.69) is 20.1 Å². The number of amides is 1. The minimum Gasteiger partial charge on any atom is -0.336 e. The molecule has 0 aromatic carbocycles. The summed E-state index contributed by atoms with van der Waals surface area (Å²) in [5, 5.41) is 4.49. The summed E-state index contributed by atoms with van der Waals surface area (Å²) in [7, 11) is 0. The van der Waals surface area contributed by atoms with Gasteiger partial charge < -0.3 is 4.90 Å². The molecule has 3 heterocycles. The molecular weight excluding hydrogens is 304 g/mol. The van der Waals surface area contributed by atoms with Crippen molar-refractivity contribution in [1.82, 2.24) is 29.6 Å². The van der Waals surface area contributed by atoms with Gasteiger partial charge in [-0.25, -0.2) is 19.6 Å². The van der Waals surface area contributed by atoms with Crippen molar-refractivity contribution in [2.75, 3.05) is 13.1 Å². The third kappa shape index (κ3) is 3.16. The summed E-state index contributed by atoms with van der Waals surface area (Å²) in [5.41, 5.74) is 1.44. The second kappa shape index (κ2) is 6.67. The Morgan fingerprint density at radius 3 is 2.71 bits per heavy atom. The topological polar surface area (TPSA) is 76.8 Å². The van der Waals surface area contributed by atoms with Gasteiger partial charge in [-0.1, -0.05) is 6.92 Å². The number of piperidine rings is 1. The molecule has 3 rings (SSSR count). The molecule has 1 aliphatic rings. The maximum atomic E-state index is 13.0. The van der Waals surface area contributed by atoms with Gasteiger partial charge >= 0.3 is 0 Å². The van der Waals surface area contributed by atoms with Crippen molar-refractivity contribution < 1.29 is 4.79 Å². The largest absolute Gasteiger partial charge is 0.336 e. The van der Waals surface area contributed by atoms with Crippen LogP contribution in [0.5, 0.6) is 0 Å². The summed E-state index contributed by atoms with van der Waals surface area (Å²) in [6.07, 6.45) is 4.36. The van der Waals surface area contributed by atoms with Gasteiger partial charge in [-0.2, -0.15) is 5.10 Å². The van der Waals surface area contributed by atoms with Crippen LogP contribution in [0.2, 0.25) is 0 Å². The lowest BCUT2D eigenvalue weighted by Gasteiger charge is -2.33. The smallest absolute Gasteiger partial charge is 0.257 e. The fourth-order valence-electron chi connectivity index (χ4n) is 3.36. The Morgan fingerprint density at radius 2 is 2.04 bits per heavy atom. The number of likely N-dealkylation sites (tertiary alicyclic amines) is 1. The Bertz CT molecular complexity index is 754. The van der Waals surface area contributed by atoms with Gasteiger partial charge in [-0.05, 0) is 40.0 Å². The van der Waals surface area contributed by atoms with E-state index in [1.54, 1.807) is 6.20 Å². The van der Waals surface area contributed by atoms with Crippen LogP contribution in [0.15, 0.2) is 6.20 Å². The quantitative estimate of drug-likeness (QED) is 0.861. The lowest BCUT2D eigenvalue weighted by atomic mass is 10.0. The van der Waals surface area contributed by atoms with Crippen molar-refractivity contribution in [2.45, 2.75) is 53.0 Å². The Morgan fingerprint density at radius 1 is 1.25 bits per heavy atom. The van der Waals surface area contributed by atoms with Crippen LogP contribution < -0.4 is 0 Å². The van der Waals surface area contributed by atoms with Crippen LogP contribution in [-0.2, 0) is 6.42 Å². The second-order valence-corrected chi connectivity index (χ2v) is 6.33. The molecule has 24 heavy (non-hydrogen) atoms. The van der Waals surface area contributed by atoms with E-state index in [1.165, 1.54) is 0 Å². The molecule has 1 saturated heterocycles. The second-order valence-electron chi connectivity index (χ2n) is 6.33. The highest BCUT2D eigenvalue weighted by atomic mass is 16.2. The van der Waals surface area contributed by atoms with Crippen LogP contribution in [0.3, 0.4) is 0 Å². The number of aromatic nitrogens is 5. The number of rotatable bonds is 3. The predicted octanol–water partition coefficient (Wildman–Crippen LogP) is 2.03. The van der Waals surface area contributed by atoms with Crippen LogP contribution >= 0.6 is 0 Å². The number of nitrogens with zero attached hydrogens (tertiary/aromatic N) is 6. The van der Waals surface area contributed by atoms with E-state index in [0.29, 0.717) is 17.9 Å². The standard InChI is InChI=1S/C17H24N6O/c1-5-16-15(9-18-11(2)20-16)17(24)22-8-6-7-14(10-22)23-13(4)19-12(3)21-23/h9,14H,5-8,10H2,1-4H3/t14-/m1/s1. The first kappa shape index (κ1) is 16.5.